The number of para-hydroxylation sites is 4. The van der Waals surface area contributed by atoms with Gasteiger partial charge in [-0.3, -0.25) is 0 Å². The molecule has 0 atom stereocenters. The fraction of sp³-hybridized carbons (Fsp3) is 0.0526. The Morgan fingerprint density at radius 2 is 1.02 bits per heavy atom. The van der Waals surface area contributed by atoms with Crippen LogP contribution in [-0.2, 0) is 5.41 Å². The minimum Gasteiger partial charge on any atom is -0.454 e. The molecule has 12 rings (SSSR count). The first-order valence-corrected chi connectivity index (χ1v) is 21.0. The van der Waals surface area contributed by atoms with Crippen LogP contribution in [0.1, 0.15) is 30.5 Å². The average Bonchev–Trinajstić information content (AvgIpc) is 3.97. The van der Waals surface area contributed by atoms with Crippen LogP contribution in [0.5, 0.6) is 0 Å². The van der Waals surface area contributed by atoms with Gasteiger partial charge in [-0.15, -0.1) is 0 Å². The lowest BCUT2D eigenvalue weighted by Crippen LogP contribution is -2.16. The van der Waals surface area contributed by atoms with E-state index in [0.717, 1.165) is 88.8 Å². The fourth-order valence-electron chi connectivity index (χ4n) is 9.77. The van der Waals surface area contributed by atoms with Crippen molar-refractivity contribution in [3.8, 4) is 17.2 Å². The summed E-state index contributed by atoms with van der Waals surface area (Å²) >= 11 is 0. The molecule has 0 amide bonds. The summed E-state index contributed by atoms with van der Waals surface area (Å²) < 4.78 is 13.2. The quantitative estimate of drug-likeness (QED) is 0.157. The zero-order valence-electron chi connectivity index (χ0n) is 34.4. The molecular formula is C57H36N4O2. The molecule has 6 nitrogen and oxygen atoms in total. The number of rotatable bonds is 6. The molecule has 6 heteroatoms. The van der Waals surface area contributed by atoms with Gasteiger partial charge in [0.25, 0.3) is 0 Å². The molecule has 9 aromatic carbocycles. The molecule has 1 aliphatic rings. The van der Waals surface area contributed by atoms with Crippen molar-refractivity contribution in [1.29, 1.82) is 5.26 Å². The first kappa shape index (κ1) is 36.3. The molecule has 1 aliphatic carbocycles. The Bertz CT molecular complexity index is 3750. The summed E-state index contributed by atoms with van der Waals surface area (Å²) in [4.78, 5) is 8.15. The van der Waals surface area contributed by atoms with Gasteiger partial charge in [-0.1, -0.05) is 98.8 Å². The molecule has 296 valence electrons. The highest BCUT2D eigenvalue weighted by Crippen LogP contribution is 2.53. The number of hydrogen-bond acceptors (Lipinski definition) is 5. The van der Waals surface area contributed by atoms with E-state index < -0.39 is 0 Å². The number of benzene rings is 9. The zero-order valence-corrected chi connectivity index (χ0v) is 34.4. The van der Waals surface area contributed by atoms with E-state index in [1.165, 1.54) is 22.3 Å². The Balaban J connectivity index is 0.995. The topological polar surface area (TPSA) is 60.9 Å². The van der Waals surface area contributed by atoms with Crippen LogP contribution in [0, 0.1) is 17.9 Å². The second-order valence-electron chi connectivity index (χ2n) is 16.7. The number of nitrogens with zero attached hydrogens (tertiary/aromatic N) is 4. The summed E-state index contributed by atoms with van der Waals surface area (Å²) in [5, 5.41) is 16.2. The predicted molar refractivity (Wildman–Crippen MR) is 256 cm³/mol. The molecule has 0 saturated carbocycles. The maximum Gasteiger partial charge on any atom is 0.187 e. The van der Waals surface area contributed by atoms with Gasteiger partial charge in [0.05, 0.1) is 29.6 Å². The maximum atomic E-state index is 9.68. The van der Waals surface area contributed by atoms with Crippen molar-refractivity contribution in [2.45, 2.75) is 19.3 Å². The number of anilines is 6. The van der Waals surface area contributed by atoms with Crippen LogP contribution in [0.15, 0.2) is 191 Å². The Labute approximate surface area is 363 Å². The van der Waals surface area contributed by atoms with E-state index in [-0.39, 0.29) is 5.41 Å². The molecule has 0 spiro atoms. The molecule has 0 unspecified atom stereocenters. The van der Waals surface area contributed by atoms with Gasteiger partial charge in [-0.25, -0.2) is 4.85 Å². The summed E-state index contributed by atoms with van der Waals surface area (Å²) in [5.74, 6) is 0. The Hall–Kier alpha value is -8.58. The molecule has 2 heterocycles. The third-order valence-corrected chi connectivity index (χ3v) is 12.9. The third kappa shape index (κ3) is 5.56. The average molecular weight is 809 g/mol. The van der Waals surface area contributed by atoms with Crippen molar-refractivity contribution in [1.82, 2.24) is 0 Å². The van der Waals surface area contributed by atoms with Crippen molar-refractivity contribution >= 4 is 94.5 Å². The predicted octanol–water partition coefficient (Wildman–Crippen LogP) is 16.3. The number of fused-ring (bicyclic) bond motifs is 10. The fourth-order valence-corrected chi connectivity index (χ4v) is 9.77. The first-order chi connectivity index (χ1) is 30.9. The molecule has 0 fully saturated rings. The number of nitriles is 1. The van der Waals surface area contributed by atoms with Crippen LogP contribution in [0.3, 0.4) is 0 Å². The summed E-state index contributed by atoms with van der Waals surface area (Å²) in [5.41, 5.74) is 14.8. The smallest absolute Gasteiger partial charge is 0.187 e. The van der Waals surface area contributed by atoms with Crippen molar-refractivity contribution < 1.29 is 8.83 Å². The highest BCUT2D eigenvalue weighted by atomic mass is 16.3. The van der Waals surface area contributed by atoms with Crippen LogP contribution in [-0.4, -0.2) is 0 Å². The highest BCUT2D eigenvalue weighted by Gasteiger charge is 2.37. The van der Waals surface area contributed by atoms with Gasteiger partial charge in [-0.05, 0) is 130 Å². The highest BCUT2D eigenvalue weighted by molar-refractivity contribution is 6.12. The van der Waals surface area contributed by atoms with E-state index >= 15 is 0 Å². The molecule has 0 radical (unpaired) electrons. The van der Waals surface area contributed by atoms with E-state index in [4.69, 9.17) is 15.4 Å². The van der Waals surface area contributed by atoms with Gasteiger partial charge < -0.3 is 18.6 Å². The molecule has 0 N–H and O–H groups in total. The summed E-state index contributed by atoms with van der Waals surface area (Å²) in [6, 6.07) is 64.9. The standard InChI is InChI=1S/C57H36N4O2/c1-57(2)49-32-37-30-41(60(40-26-21-38(59-3)22-27-40)51-14-8-12-46-44-10-4-6-16-53(44)62-55(46)51)25-20-36(37)31-48(49)43-29-28-42(33-50(43)57)61(39-23-18-35(34-58)19-24-39)52-15-9-13-47-45-11-5-7-17-54(45)63-56(47)52/h4-33H,1-2H3. The number of furan rings is 2. The minimum atomic E-state index is -0.332. The Morgan fingerprint density at radius 3 is 1.62 bits per heavy atom. The van der Waals surface area contributed by atoms with Crippen LogP contribution >= 0.6 is 0 Å². The van der Waals surface area contributed by atoms with Crippen LogP contribution in [0.2, 0.25) is 0 Å². The molecule has 2 aromatic heterocycles. The molecule has 0 aliphatic heterocycles. The van der Waals surface area contributed by atoms with Gasteiger partial charge in [-0.2, -0.15) is 5.26 Å². The van der Waals surface area contributed by atoms with Crippen molar-refractivity contribution in [2.24, 2.45) is 0 Å². The van der Waals surface area contributed by atoms with E-state index in [2.05, 4.69) is 132 Å². The lowest BCUT2D eigenvalue weighted by molar-refractivity contribution is 0.661. The summed E-state index contributed by atoms with van der Waals surface area (Å²) in [6.45, 7) is 12.2. The first-order valence-electron chi connectivity index (χ1n) is 21.0. The third-order valence-electron chi connectivity index (χ3n) is 12.9. The van der Waals surface area contributed by atoms with Gasteiger partial charge >= 0.3 is 0 Å². The monoisotopic (exact) mass is 808 g/mol. The second kappa shape index (κ2) is 13.7. The van der Waals surface area contributed by atoms with Crippen molar-refractivity contribution in [3.63, 3.8) is 0 Å². The van der Waals surface area contributed by atoms with Gasteiger partial charge in [0, 0.05) is 49.7 Å². The molecule has 0 saturated heterocycles. The van der Waals surface area contributed by atoms with Crippen LogP contribution in [0.25, 0.3) is 70.6 Å². The van der Waals surface area contributed by atoms with Gasteiger partial charge in [0.2, 0.25) is 0 Å². The molecule has 63 heavy (non-hydrogen) atoms. The normalized spacial score (nSPS) is 12.7. The summed E-state index contributed by atoms with van der Waals surface area (Å²) in [7, 11) is 0. The lowest BCUT2D eigenvalue weighted by atomic mass is 9.81. The van der Waals surface area contributed by atoms with Crippen LogP contribution < -0.4 is 9.80 Å². The Morgan fingerprint density at radius 1 is 0.492 bits per heavy atom. The Kier molecular flexibility index (Phi) is 7.90. The minimum absolute atomic E-state index is 0.332. The van der Waals surface area contributed by atoms with Gasteiger partial charge in [0.1, 0.15) is 11.2 Å². The number of hydrogen-bond donors (Lipinski definition) is 0. The van der Waals surface area contributed by atoms with Crippen molar-refractivity contribution in [2.75, 3.05) is 9.80 Å². The molecular weight excluding hydrogens is 773 g/mol. The van der Waals surface area contributed by atoms with Crippen LogP contribution in [0.4, 0.5) is 39.8 Å². The SMILES string of the molecule is [C-]#[N+]c1ccc(N(c2ccc3cc4c(cc3c2)C(C)(C)c2cc(N(c3ccc(C#N)cc3)c3cccc5c3oc3ccccc35)ccc2-4)c2cccc3c2oc2ccccc23)cc1. The second-order valence-corrected chi connectivity index (χ2v) is 16.7. The largest absolute Gasteiger partial charge is 0.454 e. The van der Waals surface area contributed by atoms with Crippen molar-refractivity contribution in [3.05, 3.63) is 210 Å². The summed E-state index contributed by atoms with van der Waals surface area (Å²) in [6.07, 6.45) is 0. The van der Waals surface area contributed by atoms with E-state index in [1.807, 2.05) is 84.9 Å². The molecule has 11 aromatic rings. The van der Waals surface area contributed by atoms with E-state index in [1.54, 1.807) is 0 Å². The zero-order chi connectivity index (χ0) is 42.4. The van der Waals surface area contributed by atoms with Gasteiger partial charge in [0.15, 0.2) is 16.9 Å². The van der Waals surface area contributed by atoms with E-state index in [9.17, 15) is 5.26 Å². The van der Waals surface area contributed by atoms with E-state index in [0.29, 0.717) is 11.3 Å². The molecule has 0 bridgehead atoms. The maximum absolute atomic E-state index is 9.68. The lowest BCUT2D eigenvalue weighted by Gasteiger charge is -2.28.